The monoisotopic (exact) mass is 440 g/mol. The summed E-state index contributed by atoms with van der Waals surface area (Å²) in [6.45, 7) is 2.26. The highest BCUT2D eigenvalue weighted by Gasteiger charge is 2.35. The molecule has 3 heterocycles. The van der Waals surface area contributed by atoms with E-state index in [1.54, 1.807) is 43.5 Å². The summed E-state index contributed by atoms with van der Waals surface area (Å²) in [7, 11) is 1.58. The smallest absolute Gasteiger partial charge is 0.255 e. The first-order chi connectivity index (χ1) is 16.1. The number of nitriles is 1. The van der Waals surface area contributed by atoms with Crippen molar-refractivity contribution in [1.82, 2.24) is 4.57 Å². The van der Waals surface area contributed by atoms with E-state index in [9.17, 15) is 14.9 Å². The van der Waals surface area contributed by atoms with Crippen molar-refractivity contribution in [2.75, 3.05) is 30.4 Å². The lowest BCUT2D eigenvalue weighted by molar-refractivity contribution is 0.102. The predicted molar refractivity (Wildman–Crippen MR) is 126 cm³/mol. The molecule has 2 bridgehead atoms. The average molecular weight is 441 g/mol. The number of fused-ring (bicyclic) bond motifs is 4. The first kappa shape index (κ1) is 20.8. The summed E-state index contributed by atoms with van der Waals surface area (Å²) in [5.74, 6) is 1.05. The zero-order valence-corrected chi connectivity index (χ0v) is 18.3. The van der Waals surface area contributed by atoms with Crippen molar-refractivity contribution in [3.63, 3.8) is 0 Å². The molecule has 33 heavy (non-hydrogen) atoms. The third-order valence-electron chi connectivity index (χ3n) is 6.55. The highest BCUT2D eigenvalue weighted by atomic mass is 16.5. The maximum absolute atomic E-state index is 12.6. The summed E-state index contributed by atoms with van der Waals surface area (Å²) in [4.78, 5) is 27.1. The minimum Gasteiger partial charge on any atom is -0.497 e. The van der Waals surface area contributed by atoms with Gasteiger partial charge in [0.05, 0.1) is 18.4 Å². The van der Waals surface area contributed by atoms with Crippen LogP contribution in [0.25, 0.3) is 0 Å². The molecule has 7 heteroatoms. The molecule has 1 amide bonds. The molecule has 5 rings (SSSR count). The van der Waals surface area contributed by atoms with Gasteiger partial charge in [0.1, 0.15) is 11.8 Å². The molecule has 0 spiro atoms. The molecule has 0 radical (unpaired) electrons. The Kier molecular flexibility index (Phi) is 5.35. The zero-order chi connectivity index (χ0) is 22.9. The van der Waals surface area contributed by atoms with Gasteiger partial charge in [0.2, 0.25) is 0 Å². The summed E-state index contributed by atoms with van der Waals surface area (Å²) in [6, 6.07) is 20.1. The number of methoxy groups -OCH3 is 1. The van der Waals surface area contributed by atoms with E-state index in [1.165, 1.54) is 0 Å². The number of hydrogen-bond donors (Lipinski definition) is 1. The van der Waals surface area contributed by atoms with E-state index in [-0.39, 0.29) is 17.4 Å². The number of nitrogens with one attached hydrogen (secondary N) is 1. The van der Waals surface area contributed by atoms with E-state index in [0.717, 1.165) is 30.9 Å². The minimum atomic E-state index is -0.246. The fraction of sp³-hybridized carbons (Fsp3) is 0.269. The number of aromatic nitrogens is 1. The lowest BCUT2D eigenvalue weighted by Crippen LogP contribution is -2.47. The summed E-state index contributed by atoms with van der Waals surface area (Å²) in [5.41, 5.74) is 3.60. The Hall–Kier alpha value is -4.05. The van der Waals surface area contributed by atoms with Crippen LogP contribution in [0.2, 0.25) is 0 Å². The molecular weight excluding hydrogens is 416 g/mol. The molecule has 7 nitrogen and oxygen atoms in total. The Balaban J connectivity index is 1.36. The van der Waals surface area contributed by atoms with Crippen molar-refractivity contribution in [3.8, 4) is 11.8 Å². The van der Waals surface area contributed by atoms with E-state index in [0.29, 0.717) is 35.0 Å². The molecule has 0 aliphatic carbocycles. The van der Waals surface area contributed by atoms with Crippen LogP contribution in [0.3, 0.4) is 0 Å². The lowest BCUT2D eigenvalue weighted by atomic mass is 9.82. The van der Waals surface area contributed by atoms with Crippen molar-refractivity contribution in [2.24, 2.45) is 5.92 Å². The van der Waals surface area contributed by atoms with Gasteiger partial charge >= 0.3 is 0 Å². The van der Waals surface area contributed by atoms with Crippen LogP contribution >= 0.6 is 0 Å². The molecule has 2 aliphatic heterocycles. The normalized spacial score (nSPS) is 18.7. The maximum atomic E-state index is 12.6. The molecule has 2 aromatic carbocycles. The quantitative estimate of drug-likeness (QED) is 0.670. The number of ether oxygens (including phenoxy) is 1. The number of piperidine rings is 1. The molecular formula is C26H24N4O3. The van der Waals surface area contributed by atoms with Gasteiger partial charge in [-0.1, -0.05) is 6.07 Å². The van der Waals surface area contributed by atoms with Crippen LogP contribution in [0.1, 0.15) is 34.0 Å². The molecule has 1 N–H and O–H groups in total. The fourth-order valence-corrected chi connectivity index (χ4v) is 5.02. The van der Waals surface area contributed by atoms with Gasteiger partial charge in [0.15, 0.2) is 0 Å². The lowest BCUT2D eigenvalue weighted by Gasteiger charge is -2.44. The predicted octanol–water partition coefficient (Wildman–Crippen LogP) is 3.60. The molecule has 1 aromatic heterocycles. The van der Waals surface area contributed by atoms with Crippen LogP contribution < -0.4 is 20.5 Å². The number of pyridine rings is 1. The van der Waals surface area contributed by atoms with Gasteiger partial charge in [-0.15, -0.1) is 0 Å². The van der Waals surface area contributed by atoms with Gasteiger partial charge in [-0.05, 0) is 60.9 Å². The van der Waals surface area contributed by atoms with E-state index >= 15 is 0 Å². The summed E-state index contributed by atoms with van der Waals surface area (Å²) >= 11 is 0. The number of carbonyl (C=O) groups excluding carboxylic acids is 1. The summed E-state index contributed by atoms with van der Waals surface area (Å²) in [5, 5.41) is 12.7. The minimum absolute atomic E-state index is 0.0605. The van der Waals surface area contributed by atoms with Crippen LogP contribution in [0.5, 0.6) is 5.75 Å². The van der Waals surface area contributed by atoms with Crippen LogP contribution in [-0.4, -0.2) is 30.7 Å². The SMILES string of the molecule is COc1ccc(C(=O)Nc2ccc(N3CC4CC(C3)c3cccc(=O)n3C4)c(C#N)c2)cc1. The number of amides is 1. The largest absolute Gasteiger partial charge is 0.497 e. The Morgan fingerprint density at radius 2 is 1.91 bits per heavy atom. The molecule has 166 valence electrons. The van der Waals surface area contributed by atoms with Gasteiger partial charge < -0.3 is 19.5 Å². The Bertz CT molecular complexity index is 1310. The topological polar surface area (TPSA) is 87.4 Å². The third kappa shape index (κ3) is 3.96. The molecule has 3 aromatic rings. The fourth-order valence-electron chi connectivity index (χ4n) is 5.02. The van der Waals surface area contributed by atoms with Gasteiger partial charge in [-0.2, -0.15) is 5.26 Å². The number of hydrogen-bond acceptors (Lipinski definition) is 5. The number of benzene rings is 2. The molecule has 2 unspecified atom stereocenters. The van der Waals surface area contributed by atoms with Crippen molar-refractivity contribution in [1.29, 1.82) is 5.26 Å². The molecule has 1 fully saturated rings. The standard InChI is InChI=1S/C26H24N4O3/c1-33-22-8-5-18(6-9-22)26(32)28-21-7-10-23(19(12-21)13-27)29-14-17-11-20(16-29)24-3-2-4-25(31)30(24)15-17/h2-10,12,17,20H,11,14-16H2,1H3,(H,28,32). The van der Waals surface area contributed by atoms with Crippen molar-refractivity contribution < 1.29 is 9.53 Å². The molecule has 0 saturated carbocycles. The van der Waals surface area contributed by atoms with Crippen LogP contribution in [0.4, 0.5) is 11.4 Å². The third-order valence-corrected chi connectivity index (χ3v) is 6.55. The van der Waals surface area contributed by atoms with Crippen molar-refractivity contribution in [2.45, 2.75) is 18.9 Å². The van der Waals surface area contributed by atoms with E-state index in [2.05, 4.69) is 16.3 Å². The Morgan fingerprint density at radius 1 is 1.09 bits per heavy atom. The van der Waals surface area contributed by atoms with E-state index < -0.39 is 0 Å². The number of nitrogens with zero attached hydrogens (tertiary/aromatic N) is 3. The molecule has 1 saturated heterocycles. The highest BCUT2D eigenvalue weighted by molar-refractivity contribution is 6.04. The first-order valence-corrected chi connectivity index (χ1v) is 11.0. The highest BCUT2D eigenvalue weighted by Crippen LogP contribution is 2.38. The summed E-state index contributed by atoms with van der Waals surface area (Å²) < 4.78 is 7.03. The van der Waals surface area contributed by atoms with E-state index in [4.69, 9.17) is 4.74 Å². The van der Waals surface area contributed by atoms with Crippen LogP contribution in [-0.2, 0) is 6.54 Å². The number of carbonyl (C=O) groups is 1. The average Bonchev–Trinajstić information content (AvgIpc) is 2.84. The second-order valence-corrected chi connectivity index (χ2v) is 8.63. The van der Waals surface area contributed by atoms with Crippen LogP contribution in [0, 0.1) is 17.2 Å². The number of anilines is 2. The first-order valence-electron chi connectivity index (χ1n) is 11.0. The second kappa shape index (κ2) is 8.47. The van der Waals surface area contributed by atoms with Gasteiger partial charge in [-0.25, -0.2) is 0 Å². The molecule has 2 aliphatic rings. The zero-order valence-electron chi connectivity index (χ0n) is 18.3. The van der Waals surface area contributed by atoms with Crippen LogP contribution in [0.15, 0.2) is 65.5 Å². The van der Waals surface area contributed by atoms with Gasteiger partial charge in [-0.3, -0.25) is 9.59 Å². The number of rotatable bonds is 4. The summed E-state index contributed by atoms with van der Waals surface area (Å²) in [6.07, 6.45) is 1.05. The molecule has 2 atom stereocenters. The van der Waals surface area contributed by atoms with Crippen molar-refractivity contribution in [3.05, 3.63) is 87.8 Å². The van der Waals surface area contributed by atoms with E-state index in [1.807, 2.05) is 28.8 Å². The second-order valence-electron chi connectivity index (χ2n) is 8.63. The van der Waals surface area contributed by atoms with Gasteiger partial charge in [0.25, 0.3) is 11.5 Å². The Labute approximate surface area is 191 Å². The maximum Gasteiger partial charge on any atom is 0.255 e. The van der Waals surface area contributed by atoms with Gasteiger partial charge in [0, 0.05) is 48.6 Å². The van der Waals surface area contributed by atoms with Crippen molar-refractivity contribution >= 4 is 17.3 Å². The Morgan fingerprint density at radius 3 is 2.67 bits per heavy atom.